The number of hydrogen-bond acceptors (Lipinski definition) is 0. The van der Waals surface area contributed by atoms with Crippen molar-refractivity contribution in [1.82, 2.24) is 0 Å². The van der Waals surface area contributed by atoms with E-state index in [0.29, 0.717) is 9.65 Å². The molecule has 2 heteroatoms. The van der Waals surface area contributed by atoms with Crippen LogP contribution in [0.1, 0.15) is 34.6 Å². The molecule has 0 spiro atoms. The van der Waals surface area contributed by atoms with Crippen LogP contribution in [0.2, 0.25) is 0 Å². The average molecular weight is 292 g/mol. The molecule has 0 N–H and O–H groups in total. The second-order valence-electron chi connectivity index (χ2n) is 2.86. The molecule has 12 heavy (non-hydrogen) atoms. The molecule has 0 nitrogen and oxygen atoms in total. The first-order valence-corrected chi connectivity index (χ1v) is 5.83. The van der Waals surface area contributed by atoms with Gasteiger partial charge in [-0.3, -0.25) is 0 Å². The average Bonchev–Trinajstić information content (AvgIpc) is 2.04. The Morgan fingerprint density at radius 2 is 1.25 bits per heavy atom. The van der Waals surface area contributed by atoms with Gasteiger partial charge in [-0.1, -0.05) is 56.1 Å². The Morgan fingerprint density at radius 1 is 0.917 bits per heavy atom. The molecule has 0 heterocycles. The highest BCUT2D eigenvalue weighted by Crippen LogP contribution is 2.32. The molecule has 2 atom stereocenters. The van der Waals surface area contributed by atoms with Gasteiger partial charge in [0.25, 0.3) is 0 Å². The molecule has 66 valence electrons. The normalized spacial score (nSPS) is 15.7. The lowest BCUT2D eigenvalue weighted by Gasteiger charge is -2.12. The van der Waals surface area contributed by atoms with Crippen molar-refractivity contribution in [3.05, 3.63) is 35.4 Å². The van der Waals surface area contributed by atoms with Crippen LogP contribution in [-0.4, -0.2) is 0 Å². The summed E-state index contributed by atoms with van der Waals surface area (Å²) in [6.45, 7) is 4.29. The largest absolute Gasteiger partial charge is 0.0842 e. The van der Waals surface area contributed by atoms with Crippen molar-refractivity contribution in [2.75, 3.05) is 0 Å². The van der Waals surface area contributed by atoms with Gasteiger partial charge < -0.3 is 0 Å². The summed E-state index contributed by atoms with van der Waals surface area (Å²) in [6.07, 6.45) is 0. The molecule has 0 aromatic heterocycles. The van der Waals surface area contributed by atoms with Gasteiger partial charge in [-0.2, -0.15) is 0 Å². The maximum absolute atomic E-state index is 3.58. The summed E-state index contributed by atoms with van der Waals surface area (Å²) in [7, 11) is 0. The van der Waals surface area contributed by atoms with Gasteiger partial charge in [-0.15, -0.1) is 0 Å². The lowest BCUT2D eigenvalue weighted by Crippen LogP contribution is -1.93. The molecule has 0 amide bonds. The van der Waals surface area contributed by atoms with Crippen molar-refractivity contribution < 1.29 is 0 Å². The predicted molar refractivity (Wildman–Crippen MR) is 61.1 cm³/mol. The van der Waals surface area contributed by atoms with Gasteiger partial charge >= 0.3 is 0 Å². The van der Waals surface area contributed by atoms with E-state index in [-0.39, 0.29) is 0 Å². The second kappa shape index (κ2) is 4.43. The van der Waals surface area contributed by atoms with Gasteiger partial charge in [-0.05, 0) is 25.0 Å². The van der Waals surface area contributed by atoms with Crippen molar-refractivity contribution in [2.24, 2.45) is 0 Å². The maximum Gasteiger partial charge on any atom is 0.0370 e. The lowest BCUT2D eigenvalue weighted by molar-refractivity contribution is 1.02. The SMILES string of the molecule is C[C@@H](Br)c1ccccc1[C@@H](C)Br. The number of halogens is 2. The smallest absolute Gasteiger partial charge is 0.0370 e. The fraction of sp³-hybridized carbons (Fsp3) is 0.400. The van der Waals surface area contributed by atoms with E-state index < -0.39 is 0 Å². The Bertz CT molecular complexity index is 227. The van der Waals surface area contributed by atoms with Crippen LogP contribution in [0.25, 0.3) is 0 Å². The molecule has 0 unspecified atom stereocenters. The molecule has 0 aliphatic heterocycles. The molecule has 1 aromatic rings. The molecule has 0 saturated carbocycles. The first-order valence-electron chi connectivity index (χ1n) is 4.00. The third kappa shape index (κ3) is 2.33. The van der Waals surface area contributed by atoms with Gasteiger partial charge in [0.2, 0.25) is 0 Å². The van der Waals surface area contributed by atoms with E-state index in [4.69, 9.17) is 0 Å². The van der Waals surface area contributed by atoms with Crippen LogP contribution in [-0.2, 0) is 0 Å². The zero-order chi connectivity index (χ0) is 9.14. The summed E-state index contributed by atoms with van der Waals surface area (Å²) in [6, 6.07) is 8.47. The van der Waals surface area contributed by atoms with Crippen LogP contribution in [0.15, 0.2) is 24.3 Å². The monoisotopic (exact) mass is 290 g/mol. The van der Waals surface area contributed by atoms with Crippen LogP contribution >= 0.6 is 31.9 Å². The molecule has 0 aliphatic rings. The quantitative estimate of drug-likeness (QED) is 0.699. The van der Waals surface area contributed by atoms with Crippen LogP contribution in [0, 0.1) is 0 Å². The summed E-state index contributed by atoms with van der Waals surface area (Å²) < 4.78 is 0. The minimum Gasteiger partial charge on any atom is -0.0842 e. The lowest BCUT2D eigenvalue weighted by atomic mass is 10.0. The first-order chi connectivity index (χ1) is 5.63. The highest BCUT2D eigenvalue weighted by molar-refractivity contribution is 9.09. The number of hydrogen-bond donors (Lipinski definition) is 0. The van der Waals surface area contributed by atoms with Crippen LogP contribution in [0.4, 0.5) is 0 Å². The fourth-order valence-corrected chi connectivity index (χ4v) is 2.07. The zero-order valence-corrected chi connectivity index (χ0v) is 10.4. The van der Waals surface area contributed by atoms with Crippen molar-refractivity contribution >= 4 is 31.9 Å². The molecule has 0 saturated heterocycles. The van der Waals surface area contributed by atoms with E-state index in [1.165, 1.54) is 11.1 Å². The Labute approximate surface area is 90.6 Å². The highest BCUT2D eigenvalue weighted by atomic mass is 79.9. The number of benzene rings is 1. The molecule has 0 fully saturated rings. The standard InChI is InChI=1S/C10H12Br2/c1-7(11)9-5-3-4-6-10(9)8(2)12/h3-8H,1-2H3/t7-,8-/m1/s1. The van der Waals surface area contributed by atoms with Crippen LogP contribution in [0.3, 0.4) is 0 Å². The van der Waals surface area contributed by atoms with Crippen LogP contribution < -0.4 is 0 Å². The Morgan fingerprint density at radius 3 is 1.50 bits per heavy atom. The topological polar surface area (TPSA) is 0 Å². The molecular formula is C10H12Br2. The van der Waals surface area contributed by atoms with Crippen molar-refractivity contribution in [1.29, 1.82) is 0 Å². The maximum atomic E-state index is 3.58. The van der Waals surface area contributed by atoms with Gasteiger partial charge in [0.15, 0.2) is 0 Å². The number of alkyl halides is 2. The molecule has 1 rings (SSSR count). The van der Waals surface area contributed by atoms with E-state index in [1.807, 2.05) is 0 Å². The van der Waals surface area contributed by atoms with E-state index in [9.17, 15) is 0 Å². The van der Waals surface area contributed by atoms with Crippen molar-refractivity contribution in [3.63, 3.8) is 0 Å². The third-order valence-electron chi connectivity index (χ3n) is 1.85. The Kier molecular flexibility index (Phi) is 3.78. The third-order valence-corrected chi connectivity index (χ3v) is 2.84. The van der Waals surface area contributed by atoms with Crippen molar-refractivity contribution in [2.45, 2.75) is 23.5 Å². The van der Waals surface area contributed by atoms with Crippen molar-refractivity contribution in [3.8, 4) is 0 Å². The first kappa shape index (κ1) is 10.3. The summed E-state index contributed by atoms with van der Waals surface area (Å²) in [4.78, 5) is 0.849. The molecular weight excluding hydrogens is 280 g/mol. The van der Waals surface area contributed by atoms with E-state index >= 15 is 0 Å². The molecule has 0 aliphatic carbocycles. The summed E-state index contributed by atoms with van der Waals surface area (Å²) in [5.41, 5.74) is 2.73. The molecule has 1 aromatic carbocycles. The van der Waals surface area contributed by atoms with Gasteiger partial charge in [0.05, 0.1) is 0 Å². The second-order valence-corrected chi connectivity index (χ2v) is 5.61. The Balaban J connectivity index is 3.09. The summed E-state index contributed by atoms with van der Waals surface area (Å²) in [5.74, 6) is 0. The molecule has 0 bridgehead atoms. The van der Waals surface area contributed by atoms with E-state index in [2.05, 4.69) is 70.0 Å². The minimum atomic E-state index is 0.425. The van der Waals surface area contributed by atoms with E-state index in [1.54, 1.807) is 0 Å². The van der Waals surface area contributed by atoms with E-state index in [0.717, 1.165) is 0 Å². The number of rotatable bonds is 2. The fourth-order valence-electron chi connectivity index (χ4n) is 1.24. The van der Waals surface area contributed by atoms with Crippen LogP contribution in [0.5, 0.6) is 0 Å². The van der Waals surface area contributed by atoms with Gasteiger partial charge in [0.1, 0.15) is 0 Å². The minimum absolute atomic E-state index is 0.425. The highest BCUT2D eigenvalue weighted by Gasteiger charge is 2.09. The van der Waals surface area contributed by atoms with Gasteiger partial charge in [0, 0.05) is 9.65 Å². The Hall–Kier alpha value is 0.180. The van der Waals surface area contributed by atoms with Gasteiger partial charge in [-0.25, -0.2) is 0 Å². The summed E-state index contributed by atoms with van der Waals surface area (Å²) in [5, 5.41) is 0. The summed E-state index contributed by atoms with van der Waals surface area (Å²) >= 11 is 7.16. The molecule has 0 radical (unpaired) electrons. The zero-order valence-electron chi connectivity index (χ0n) is 7.22. The predicted octanol–water partition coefficient (Wildman–Crippen LogP) is 4.60.